The van der Waals surface area contributed by atoms with Gasteiger partial charge in [-0.1, -0.05) is 12.1 Å². The summed E-state index contributed by atoms with van der Waals surface area (Å²) in [5.41, 5.74) is 11.4. The van der Waals surface area contributed by atoms with Crippen LogP contribution in [0.2, 0.25) is 0 Å². The van der Waals surface area contributed by atoms with E-state index in [2.05, 4.69) is 16.4 Å². The zero-order chi connectivity index (χ0) is 25.1. The molecule has 2 aromatic carbocycles. The van der Waals surface area contributed by atoms with Crippen molar-refractivity contribution in [3.8, 4) is 16.9 Å². The van der Waals surface area contributed by atoms with Crippen LogP contribution >= 0.6 is 0 Å². The minimum atomic E-state index is -0.137. The zero-order valence-electron chi connectivity index (χ0n) is 20.3. The molecule has 0 spiro atoms. The molecule has 8 nitrogen and oxygen atoms in total. The van der Waals surface area contributed by atoms with E-state index in [9.17, 15) is 9.59 Å². The molecule has 2 aliphatic rings. The molecular weight excluding hydrogens is 456 g/mol. The lowest BCUT2D eigenvalue weighted by atomic mass is 9.99. The van der Waals surface area contributed by atoms with Gasteiger partial charge in [-0.05, 0) is 71.3 Å². The highest BCUT2D eigenvalue weighted by molar-refractivity contribution is 6.04. The second-order valence-corrected chi connectivity index (χ2v) is 9.34. The molecule has 2 aliphatic heterocycles. The lowest BCUT2D eigenvalue weighted by Crippen LogP contribution is -2.22. The van der Waals surface area contributed by atoms with Gasteiger partial charge in [0.25, 0.3) is 5.56 Å². The van der Waals surface area contributed by atoms with Crippen LogP contribution in [-0.4, -0.2) is 36.1 Å². The van der Waals surface area contributed by atoms with Crippen LogP contribution in [-0.2, 0) is 22.6 Å². The first-order valence-electron chi connectivity index (χ1n) is 12.2. The molecule has 1 saturated heterocycles. The molecule has 0 bridgehead atoms. The molecule has 186 valence electrons. The number of nitrogens with one attached hydrogen (secondary N) is 1. The summed E-state index contributed by atoms with van der Waals surface area (Å²) in [4.78, 5) is 28.5. The maximum atomic E-state index is 12.7. The van der Waals surface area contributed by atoms with Crippen molar-refractivity contribution in [1.29, 1.82) is 0 Å². The molecule has 1 aromatic heterocycles. The zero-order valence-corrected chi connectivity index (χ0v) is 20.3. The monoisotopic (exact) mass is 486 g/mol. The normalized spacial score (nSPS) is 15.3. The molecule has 8 heteroatoms. The molecule has 1 amide bonds. The summed E-state index contributed by atoms with van der Waals surface area (Å²) in [6.07, 6.45) is 3.83. The lowest BCUT2D eigenvalue weighted by Gasteiger charge is -2.23. The number of nitrogens with zero attached hydrogens (tertiary/aromatic N) is 2. The third kappa shape index (κ3) is 5.33. The molecule has 1 fully saturated rings. The Morgan fingerprint density at radius 2 is 2.00 bits per heavy atom. The van der Waals surface area contributed by atoms with Gasteiger partial charge in [-0.2, -0.15) is 0 Å². The lowest BCUT2D eigenvalue weighted by molar-refractivity contribution is -0.114. The van der Waals surface area contributed by atoms with Crippen LogP contribution in [0.3, 0.4) is 0 Å². The number of aromatic nitrogens is 1. The number of benzene rings is 2. The van der Waals surface area contributed by atoms with E-state index in [0.717, 1.165) is 59.6 Å². The fraction of sp³-hybridized carbons (Fsp3) is 0.321. The van der Waals surface area contributed by atoms with E-state index in [1.165, 1.54) is 6.92 Å². The van der Waals surface area contributed by atoms with E-state index in [-0.39, 0.29) is 11.5 Å². The molecule has 0 aliphatic carbocycles. The van der Waals surface area contributed by atoms with Gasteiger partial charge in [0.15, 0.2) is 0 Å². The average molecular weight is 487 g/mol. The van der Waals surface area contributed by atoms with E-state index >= 15 is 0 Å². The van der Waals surface area contributed by atoms with E-state index in [4.69, 9.17) is 15.2 Å². The van der Waals surface area contributed by atoms with E-state index in [1.807, 2.05) is 42.6 Å². The number of hydrogen-bond acceptors (Lipinski definition) is 6. The Bertz CT molecular complexity index is 1370. The predicted octanol–water partition coefficient (Wildman–Crippen LogP) is 3.55. The highest BCUT2D eigenvalue weighted by Crippen LogP contribution is 2.34. The number of nitrogens with two attached hydrogens (primary N) is 1. The van der Waals surface area contributed by atoms with Crippen molar-refractivity contribution in [2.75, 3.05) is 25.1 Å². The van der Waals surface area contributed by atoms with Crippen molar-refractivity contribution < 1.29 is 14.3 Å². The van der Waals surface area contributed by atoms with Gasteiger partial charge >= 0.3 is 0 Å². The van der Waals surface area contributed by atoms with Crippen molar-refractivity contribution >= 4 is 17.4 Å². The molecule has 3 aromatic rings. The van der Waals surface area contributed by atoms with Gasteiger partial charge in [-0.25, -0.2) is 0 Å². The fourth-order valence-corrected chi connectivity index (χ4v) is 4.71. The van der Waals surface area contributed by atoms with Crippen LogP contribution in [0.1, 0.15) is 36.5 Å². The number of pyridine rings is 1. The second kappa shape index (κ2) is 10.4. The number of ether oxygens (including phenoxy) is 2. The van der Waals surface area contributed by atoms with Gasteiger partial charge in [-0.15, -0.1) is 0 Å². The Hall–Kier alpha value is -3.91. The van der Waals surface area contributed by atoms with Gasteiger partial charge in [0, 0.05) is 38.1 Å². The van der Waals surface area contributed by atoms with E-state index < -0.39 is 0 Å². The van der Waals surface area contributed by atoms with Gasteiger partial charge in [0.1, 0.15) is 11.6 Å². The van der Waals surface area contributed by atoms with Gasteiger partial charge in [0.2, 0.25) is 5.91 Å². The summed E-state index contributed by atoms with van der Waals surface area (Å²) in [5, 5.41) is 2.78. The summed E-state index contributed by atoms with van der Waals surface area (Å²) in [6.45, 7) is 4.51. The molecule has 36 heavy (non-hydrogen) atoms. The Morgan fingerprint density at radius 1 is 1.17 bits per heavy atom. The molecule has 3 heterocycles. The maximum Gasteiger partial charge on any atom is 0.250 e. The van der Waals surface area contributed by atoms with Crippen LogP contribution in [0.25, 0.3) is 11.1 Å². The second-order valence-electron chi connectivity index (χ2n) is 9.34. The molecule has 0 radical (unpaired) electrons. The highest BCUT2D eigenvalue weighted by Gasteiger charge is 2.22. The number of anilines is 1. The van der Waals surface area contributed by atoms with E-state index in [0.29, 0.717) is 37.1 Å². The first-order valence-corrected chi connectivity index (χ1v) is 12.2. The molecule has 0 atom stereocenters. The summed E-state index contributed by atoms with van der Waals surface area (Å²) < 4.78 is 13.4. The van der Waals surface area contributed by atoms with Crippen LogP contribution in [0.15, 0.2) is 64.5 Å². The standard InChI is InChI=1S/C28H30N4O4/c1-18(33)31-24-4-2-3-20(11-24)15-32-16-21(5-6-26(32)34)22-12-23-14-30-28(29)27(23)25(13-22)36-17-19-7-9-35-10-8-19/h2-6,11-13,16,19H,7-10,14-15,17H2,1H3,(H2,29,30)(H,31,33). The van der Waals surface area contributed by atoms with Gasteiger partial charge in [-0.3, -0.25) is 14.6 Å². The Morgan fingerprint density at radius 3 is 2.81 bits per heavy atom. The smallest absolute Gasteiger partial charge is 0.250 e. The van der Waals surface area contributed by atoms with Crippen LogP contribution in [0, 0.1) is 5.92 Å². The van der Waals surface area contributed by atoms with Crippen molar-refractivity contribution in [2.45, 2.75) is 32.9 Å². The minimum absolute atomic E-state index is 0.103. The van der Waals surface area contributed by atoms with Crippen molar-refractivity contribution in [2.24, 2.45) is 16.6 Å². The van der Waals surface area contributed by atoms with Crippen LogP contribution in [0.4, 0.5) is 5.69 Å². The van der Waals surface area contributed by atoms with Crippen molar-refractivity contribution in [3.63, 3.8) is 0 Å². The molecule has 5 rings (SSSR count). The van der Waals surface area contributed by atoms with E-state index in [1.54, 1.807) is 10.6 Å². The van der Waals surface area contributed by atoms with Crippen LogP contribution in [0.5, 0.6) is 5.75 Å². The SMILES string of the molecule is CC(=O)Nc1cccc(Cn2cc(-c3cc4c(c(OCC5CCOCC5)c3)C(N)=NC4)ccc2=O)c1. The Balaban J connectivity index is 1.43. The minimum Gasteiger partial charge on any atom is -0.492 e. The molecular formula is C28H30N4O4. The number of carbonyl (C=O) groups excluding carboxylic acids is 1. The number of carbonyl (C=O) groups is 1. The van der Waals surface area contributed by atoms with Gasteiger partial charge in [0.05, 0.1) is 25.3 Å². The highest BCUT2D eigenvalue weighted by atomic mass is 16.5. The quantitative estimate of drug-likeness (QED) is 0.531. The number of amides is 1. The Kier molecular flexibility index (Phi) is 6.86. The summed E-state index contributed by atoms with van der Waals surface area (Å²) in [6, 6.07) is 15.0. The summed E-state index contributed by atoms with van der Waals surface area (Å²) in [7, 11) is 0. The number of aliphatic imine (C=N–C) groups is 1. The molecule has 0 unspecified atom stereocenters. The van der Waals surface area contributed by atoms with Crippen molar-refractivity contribution in [3.05, 3.63) is 81.8 Å². The van der Waals surface area contributed by atoms with Crippen LogP contribution < -0.4 is 21.3 Å². The van der Waals surface area contributed by atoms with Crippen molar-refractivity contribution in [1.82, 2.24) is 4.57 Å². The first-order chi connectivity index (χ1) is 17.5. The first kappa shape index (κ1) is 23.8. The topological polar surface area (TPSA) is 108 Å². The number of rotatable bonds is 7. The molecule has 0 saturated carbocycles. The largest absolute Gasteiger partial charge is 0.492 e. The maximum absolute atomic E-state index is 12.7. The predicted molar refractivity (Wildman–Crippen MR) is 139 cm³/mol. The van der Waals surface area contributed by atoms with Gasteiger partial charge < -0.3 is 25.1 Å². The summed E-state index contributed by atoms with van der Waals surface area (Å²) >= 11 is 0. The number of hydrogen-bond donors (Lipinski definition) is 2. The number of fused-ring (bicyclic) bond motifs is 1. The third-order valence-electron chi connectivity index (χ3n) is 6.59. The number of amidine groups is 1. The third-order valence-corrected chi connectivity index (χ3v) is 6.59. The average Bonchev–Trinajstić information content (AvgIpc) is 3.25. The Labute approximate surface area is 209 Å². The summed E-state index contributed by atoms with van der Waals surface area (Å²) in [5.74, 6) is 1.55. The molecule has 3 N–H and O–H groups in total. The fourth-order valence-electron chi connectivity index (χ4n) is 4.71.